The van der Waals surface area contributed by atoms with Crippen LogP contribution in [0.4, 0.5) is 10.1 Å². The first-order valence-corrected chi connectivity index (χ1v) is 10.2. The second kappa shape index (κ2) is 10.7. The van der Waals surface area contributed by atoms with Crippen molar-refractivity contribution >= 4 is 23.4 Å². The highest BCUT2D eigenvalue weighted by Gasteiger charge is 2.38. The van der Waals surface area contributed by atoms with E-state index in [-0.39, 0.29) is 30.6 Å². The van der Waals surface area contributed by atoms with Crippen LogP contribution in [0.1, 0.15) is 37.5 Å². The monoisotopic (exact) mass is 431 g/mol. The van der Waals surface area contributed by atoms with Crippen molar-refractivity contribution in [1.82, 2.24) is 10.6 Å². The lowest BCUT2D eigenvalue weighted by Crippen LogP contribution is -2.51. The minimum Gasteiger partial charge on any atom is -0.467 e. The van der Waals surface area contributed by atoms with Crippen LogP contribution in [-0.2, 0) is 19.1 Å². The summed E-state index contributed by atoms with van der Waals surface area (Å²) in [6.07, 6.45) is 4.94. The van der Waals surface area contributed by atoms with Crippen LogP contribution in [0.2, 0.25) is 0 Å². The second-order valence-corrected chi connectivity index (χ2v) is 7.31. The fourth-order valence-corrected chi connectivity index (χ4v) is 3.61. The molecule has 1 heterocycles. The molecule has 8 nitrogen and oxygen atoms in total. The molecule has 2 aromatic rings. The summed E-state index contributed by atoms with van der Waals surface area (Å²) in [7, 11) is 1.50. The molecule has 1 atom stereocenters. The molecular formula is C22H26FN3O5. The van der Waals surface area contributed by atoms with Crippen LogP contribution in [0.3, 0.4) is 0 Å². The molecule has 166 valence electrons. The van der Waals surface area contributed by atoms with Gasteiger partial charge in [0.15, 0.2) is 6.04 Å². The highest BCUT2D eigenvalue weighted by Crippen LogP contribution is 2.29. The van der Waals surface area contributed by atoms with Crippen molar-refractivity contribution in [2.75, 3.05) is 25.2 Å². The number of furan rings is 1. The Labute approximate surface area is 179 Å². The van der Waals surface area contributed by atoms with Crippen LogP contribution < -0.4 is 15.5 Å². The predicted octanol–water partition coefficient (Wildman–Crippen LogP) is 2.31. The van der Waals surface area contributed by atoms with Gasteiger partial charge in [-0.05, 0) is 49.2 Å². The summed E-state index contributed by atoms with van der Waals surface area (Å²) in [5.74, 6) is -2.65. The van der Waals surface area contributed by atoms with Gasteiger partial charge in [0.1, 0.15) is 11.6 Å². The number of nitrogens with zero attached hydrogens (tertiary/aromatic N) is 1. The van der Waals surface area contributed by atoms with Gasteiger partial charge < -0.3 is 19.8 Å². The Kier molecular flexibility index (Phi) is 7.77. The molecule has 1 aromatic heterocycles. The minimum atomic E-state index is -1.26. The maximum Gasteiger partial charge on any atom is 0.317 e. The molecule has 0 bridgehead atoms. The molecule has 1 aliphatic carbocycles. The van der Waals surface area contributed by atoms with Gasteiger partial charge in [0.25, 0.3) is 5.91 Å². The number of benzene rings is 1. The number of anilines is 1. The highest BCUT2D eigenvalue weighted by molar-refractivity contribution is 6.41. The maximum absolute atomic E-state index is 13.5. The smallest absolute Gasteiger partial charge is 0.317 e. The van der Waals surface area contributed by atoms with E-state index in [1.807, 2.05) is 0 Å². The fraction of sp³-hybridized carbons (Fsp3) is 0.409. The first-order valence-electron chi connectivity index (χ1n) is 10.2. The van der Waals surface area contributed by atoms with Gasteiger partial charge in [-0.1, -0.05) is 12.8 Å². The van der Waals surface area contributed by atoms with Crippen LogP contribution >= 0.6 is 0 Å². The van der Waals surface area contributed by atoms with E-state index < -0.39 is 29.6 Å². The molecule has 2 N–H and O–H groups in total. The molecular weight excluding hydrogens is 405 g/mol. The van der Waals surface area contributed by atoms with Crippen LogP contribution in [0.25, 0.3) is 0 Å². The number of nitrogens with one attached hydrogen (secondary N) is 2. The third-order valence-corrected chi connectivity index (χ3v) is 5.13. The molecule has 0 saturated heterocycles. The number of carbonyl (C=O) groups excluding carboxylic acids is 3. The lowest BCUT2D eigenvalue weighted by atomic mass is 10.1. The number of hydrogen-bond acceptors (Lipinski definition) is 5. The van der Waals surface area contributed by atoms with Gasteiger partial charge in [0.2, 0.25) is 0 Å². The lowest BCUT2D eigenvalue weighted by molar-refractivity contribution is -0.139. The summed E-state index contributed by atoms with van der Waals surface area (Å²) < 4.78 is 23.9. The molecule has 0 unspecified atom stereocenters. The normalized spacial score (nSPS) is 14.8. The van der Waals surface area contributed by atoms with E-state index in [1.165, 1.54) is 25.5 Å². The molecule has 0 aliphatic heterocycles. The molecule has 9 heteroatoms. The van der Waals surface area contributed by atoms with Gasteiger partial charge in [-0.2, -0.15) is 0 Å². The number of rotatable bonds is 8. The van der Waals surface area contributed by atoms with E-state index >= 15 is 0 Å². The summed E-state index contributed by atoms with van der Waals surface area (Å²) >= 11 is 0. The Balaban J connectivity index is 1.94. The third-order valence-electron chi connectivity index (χ3n) is 5.13. The molecule has 1 aliphatic rings. The van der Waals surface area contributed by atoms with E-state index in [0.29, 0.717) is 0 Å². The van der Waals surface area contributed by atoms with E-state index in [9.17, 15) is 18.8 Å². The largest absolute Gasteiger partial charge is 0.467 e. The van der Waals surface area contributed by atoms with Crippen LogP contribution in [0.15, 0.2) is 47.1 Å². The van der Waals surface area contributed by atoms with Gasteiger partial charge >= 0.3 is 11.8 Å². The Bertz CT molecular complexity index is 879. The van der Waals surface area contributed by atoms with E-state index in [4.69, 9.17) is 9.15 Å². The zero-order valence-electron chi connectivity index (χ0n) is 17.3. The molecule has 1 fully saturated rings. The van der Waals surface area contributed by atoms with Gasteiger partial charge in [-0.25, -0.2) is 4.39 Å². The van der Waals surface area contributed by atoms with Gasteiger partial charge in [0.05, 0.1) is 12.9 Å². The molecule has 0 spiro atoms. The predicted molar refractivity (Wildman–Crippen MR) is 111 cm³/mol. The number of carbonyl (C=O) groups is 3. The zero-order chi connectivity index (χ0) is 22.2. The SMILES string of the molecule is COCCNC(=O)[C@H](c1ccco1)N(C(=O)C(=O)NC1CCCC1)c1ccc(F)cc1. The molecule has 0 radical (unpaired) electrons. The summed E-state index contributed by atoms with van der Waals surface area (Å²) in [5, 5.41) is 5.42. The number of amides is 3. The van der Waals surface area contributed by atoms with Crippen molar-refractivity contribution in [2.24, 2.45) is 0 Å². The topological polar surface area (TPSA) is 101 Å². The van der Waals surface area contributed by atoms with Crippen molar-refractivity contribution in [2.45, 2.75) is 37.8 Å². The van der Waals surface area contributed by atoms with Gasteiger partial charge in [-0.3, -0.25) is 19.3 Å². The molecule has 3 amide bonds. The molecule has 1 saturated carbocycles. The summed E-state index contributed by atoms with van der Waals surface area (Å²) in [4.78, 5) is 40.1. The average Bonchev–Trinajstić information content (AvgIpc) is 3.47. The first-order chi connectivity index (χ1) is 15.0. The maximum atomic E-state index is 13.5. The molecule has 3 rings (SSSR count). The highest BCUT2D eigenvalue weighted by atomic mass is 19.1. The van der Waals surface area contributed by atoms with Gasteiger partial charge in [-0.15, -0.1) is 0 Å². The minimum absolute atomic E-state index is 0.0795. The first kappa shape index (κ1) is 22.5. The van der Waals surface area contributed by atoms with Crippen LogP contribution in [0.5, 0.6) is 0 Å². The van der Waals surface area contributed by atoms with Crippen LogP contribution in [0, 0.1) is 5.82 Å². The Morgan fingerprint density at radius 3 is 2.52 bits per heavy atom. The summed E-state index contributed by atoms with van der Waals surface area (Å²) in [6, 6.07) is 6.78. The van der Waals surface area contributed by atoms with E-state index in [2.05, 4.69) is 10.6 Å². The van der Waals surface area contributed by atoms with Crippen molar-refractivity contribution < 1.29 is 27.9 Å². The third kappa shape index (κ3) is 5.69. The average molecular weight is 431 g/mol. The summed E-state index contributed by atoms with van der Waals surface area (Å²) in [5.41, 5.74) is 0.191. The number of halogens is 1. The van der Waals surface area contributed by atoms with Crippen molar-refractivity contribution in [3.8, 4) is 0 Å². The zero-order valence-corrected chi connectivity index (χ0v) is 17.3. The van der Waals surface area contributed by atoms with Crippen LogP contribution in [-0.4, -0.2) is 44.0 Å². The van der Waals surface area contributed by atoms with E-state index in [1.54, 1.807) is 12.1 Å². The lowest BCUT2D eigenvalue weighted by Gasteiger charge is -2.29. The number of ether oxygens (including phenoxy) is 1. The summed E-state index contributed by atoms with van der Waals surface area (Å²) in [6.45, 7) is 0.468. The van der Waals surface area contributed by atoms with Gasteiger partial charge in [0, 0.05) is 25.4 Å². The van der Waals surface area contributed by atoms with E-state index in [0.717, 1.165) is 42.7 Å². The second-order valence-electron chi connectivity index (χ2n) is 7.31. The molecule has 1 aromatic carbocycles. The molecule has 31 heavy (non-hydrogen) atoms. The number of methoxy groups -OCH3 is 1. The number of hydrogen-bond donors (Lipinski definition) is 2. The Morgan fingerprint density at radius 2 is 1.90 bits per heavy atom. The van der Waals surface area contributed by atoms with Crippen molar-refractivity contribution in [3.05, 3.63) is 54.2 Å². The standard InChI is InChI=1S/C22H26FN3O5/c1-30-14-12-24-20(27)19(18-7-4-13-31-18)26(17-10-8-15(23)9-11-17)22(29)21(28)25-16-5-2-3-6-16/h4,7-11,13,16,19H,2-3,5-6,12,14H2,1H3,(H,24,27)(H,25,28)/t19-/m0/s1. The quantitative estimate of drug-likeness (QED) is 0.494. The van der Waals surface area contributed by atoms with Crippen molar-refractivity contribution in [3.63, 3.8) is 0 Å². The Morgan fingerprint density at radius 1 is 1.19 bits per heavy atom. The van der Waals surface area contributed by atoms with Crippen molar-refractivity contribution in [1.29, 1.82) is 0 Å². The Hall–Kier alpha value is -3.20. The fourth-order valence-electron chi connectivity index (χ4n) is 3.61.